The van der Waals surface area contributed by atoms with Gasteiger partial charge < -0.3 is 14.2 Å². The summed E-state index contributed by atoms with van der Waals surface area (Å²) in [6, 6.07) is 0. The molecule has 120 valence electrons. The third kappa shape index (κ3) is 1.21. The maximum atomic E-state index is 12.6. The molecule has 5 nitrogen and oxygen atoms in total. The average Bonchev–Trinajstić information content (AvgIpc) is 3.25. The zero-order chi connectivity index (χ0) is 16.2. The Bertz CT molecular complexity index is 609. The fourth-order valence-electron chi connectivity index (χ4n) is 4.31. The van der Waals surface area contributed by atoms with Crippen LogP contribution >= 0.6 is 46.4 Å². The molecule has 1 saturated heterocycles. The van der Waals surface area contributed by atoms with Crippen molar-refractivity contribution in [3.63, 3.8) is 0 Å². The lowest BCUT2D eigenvalue weighted by Gasteiger charge is -2.41. The van der Waals surface area contributed by atoms with Crippen molar-refractivity contribution in [1.82, 2.24) is 0 Å². The van der Waals surface area contributed by atoms with Gasteiger partial charge in [-0.15, -0.1) is 23.2 Å². The van der Waals surface area contributed by atoms with Gasteiger partial charge in [0.2, 0.25) is 5.79 Å². The van der Waals surface area contributed by atoms with E-state index < -0.39 is 39.6 Å². The molecule has 22 heavy (non-hydrogen) atoms. The Morgan fingerprint density at radius 3 is 1.59 bits per heavy atom. The summed E-state index contributed by atoms with van der Waals surface area (Å²) < 4.78 is 16.1. The van der Waals surface area contributed by atoms with Crippen LogP contribution in [0.5, 0.6) is 0 Å². The lowest BCUT2D eigenvalue weighted by Crippen LogP contribution is -2.58. The third-order valence-electron chi connectivity index (χ3n) is 5.22. The highest BCUT2D eigenvalue weighted by molar-refractivity contribution is 6.53. The molecule has 4 aliphatic rings. The number of rotatable bonds is 2. The normalized spacial score (nSPS) is 51.2. The van der Waals surface area contributed by atoms with E-state index in [2.05, 4.69) is 0 Å². The first-order valence-corrected chi connectivity index (χ1v) is 8.02. The standard InChI is InChI=1S/C13H10Cl4O5/c1-20-13(21-2)11(16)3-4(12(13,17)10(15)9(11)14)6(19)8-7(22-8)5(3)18/h3-4,7-8H,1-2H3/t3-,4+,7+,8-,11?,12?. The van der Waals surface area contributed by atoms with Crippen molar-refractivity contribution < 1.29 is 23.8 Å². The molecule has 0 aromatic heterocycles. The van der Waals surface area contributed by atoms with E-state index in [1.165, 1.54) is 14.2 Å². The van der Waals surface area contributed by atoms with Gasteiger partial charge in [0.05, 0.1) is 21.9 Å². The molecule has 0 aromatic carbocycles. The topological polar surface area (TPSA) is 65.1 Å². The van der Waals surface area contributed by atoms with Gasteiger partial charge in [0.25, 0.3) is 0 Å². The maximum Gasteiger partial charge on any atom is 0.218 e. The number of fused-ring (bicyclic) bond motifs is 6. The monoisotopic (exact) mass is 386 g/mol. The molecule has 0 aromatic rings. The number of ketones is 2. The average molecular weight is 388 g/mol. The van der Waals surface area contributed by atoms with E-state index in [0.717, 1.165) is 0 Å². The van der Waals surface area contributed by atoms with Gasteiger partial charge in [0.15, 0.2) is 23.8 Å². The van der Waals surface area contributed by atoms with Gasteiger partial charge in [0.1, 0.15) is 9.75 Å². The van der Waals surface area contributed by atoms with Crippen LogP contribution in [0.4, 0.5) is 0 Å². The predicted octanol–water partition coefficient (Wildman–Crippen LogP) is 1.80. The van der Waals surface area contributed by atoms with E-state index in [1.807, 2.05) is 0 Å². The molecule has 1 aliphatic heterocycles. The van der Waals surface area contributed by atoms with E-state index in [0.29, 0.717) is 0 Å². The number of carbonyl (C=O) groups is 2. The minimum atomic E-state index is -1.73. The summed E-state index contributed by atoms with van der Waals surface area (Å²) in [5.74, 6) is -4.41. The zero-order valence-corrected chi connectivity index (χ0v) is 14.4. The molecule has 3 fully saturated rings. The van der Waals surface area contributed by atoms with Crippen molar-refractivity contribution in [2.45, 2.75) is 27.7 Å². The Balaban J connectivity index is 2.04. The molecule has 4 rings (SSSR count). The van der Waals surface area contributed by atoms with Crippen LogP contribution in [0.1, 0.15) is 0 Å². The molecule has 6 atom stereocenters. The highest BCUT2D eigenvalue weighted by Gasteiger charge is 2.89. The minimum Gasteiger partial charge on any atom is -0.353 e. The molecule has 0 N–H and O–H groups in total. The lowest BCUT2D eigenvalue weighted by atomic mass is 9.71. The van der Waals surface area contributed by atoms with Gasteiger partial charge in [0, 0.05) is 14.2 Å². The van der Waals surface area contributed by atoms with Crippen molar-refractivity contribution in [1.29, 1.82) is 0 Å². The number of halogens is 4. The van der Waals surface area contributed by atoms with Crippen molar-refractivity contribution in [3.8, 4) is 0 Å². The van der Waals surface area contributed by atoms with E-state index in [-0.39, 0.29) is 21.6 Å². The highest BCUT2D eigenvalue weighted by atomic mass is 35.5. The number of carbonyl (C=O) groups excluding carboxylic acids is 2. The van der Waals surface area contributed by atoms with Crippen LogP contribution in [-0.2, 0) is 23.8 Å². The summed E-state index contributed by atoms with van der Waals surface area (Å²) in [4.78, 5) is 21.9. The van der Waals surface area contributed by atoms with E-state index in [1.54, 1.807) is 0 Å². The number of Topliss-reactive ketones (excluding diaryl/α,β-unsaturated/α-hetero) is 2. The van der Waals surface area contributed by atoms with Crippen LogP contribution in [0, 0.1) is 11.8 Å². The summed E-state index contributed by atoms with van der Waals surface area (Å²) in [7, 11) is 2.64. The molecule has 3 aliphatic carbocycles. The van der Waals surface area contributed by atoms with Crippen LogP contribution in [0.3, 0.4) is 0 Å². The number of ether oxygens (including phenoxy) is 3. The van der Waals surface area contributed by atoms with Crippen molar-refractivity contribution in [3.05, 3.63) is 10.1 Å². The Hall–Kier alpha value is 0.120. The summed E-state index contributed by atoms with van der Waals surface area (Å²) in [5, 5.41) is -0.0629. The first-order valence-electron chi connectivity index (χ1n) is 6.51. The maximum absolute atomic E-state index is 12.6. The summed E-state index contributed by atoms with van der Waals surface area (Å²) in [6.45, 7) is 0. The second kappa shape index (κ2) is 4.20. The van der Waals surface area contributed by atoms with E-state index >= 15 is 0 Å². The zero-order valence-electron chi connectivity index (χ0n) is 11.4. The SMILES string of the molecule is COC1(OC)C2(Cl)C(Cl)=C(Cl)C1(Cl)[C@H]1C(=O)[C@@H]3O[C@@H]3C(=O)[C@H]12. The second-order valence-corrected chi connectivity index (χ2v) is 7.76. The minimum absolute atomic E-state index is 0.0315. The number of epoxide rings is 1. The van der Waals surface area contributed by atoms with Gasteiger partial charge in [-0.05, 0) is 0 Å². The van der Waals surface area contributed by atoms with Gasteiger partial charge in [-0.25, -0.2) is 0 Å². The third-order valence-corrected chi connectivity index (χ3v) is 7.83. The molecule has 0 amide bonds. The van der Waals surface area contributed by atoms with Gasteiger partial charge in [-0.2, -0.15) is 0 Å². The fourth-order valence-corrected chi connectivity index (χ4v) is 6.50. The van der Waals surface area contributed by atoms with Crippen LogP contribution < -0.4 is 0 Å². The number of hydrogen-bond donors (Lipinski definition) is 0. The van der Waals surface area contributed by atoms with Gasteiger partial charge in [-0.3, -0.25) is 9.59 Å². The van der Waals surface area contributed by atoms with Crippen LogP contribution in [0.15, 0.2) is 10.1 Å². The van der Waals surface area contributed by atoms with Gasteiger partial charge in [-0.1, -0.05) is 23.2 Å². The second-order valence-electron chi connectivity index (χ2n) is 5.81. The van der Waals surface area contributed by atoms with E-state index in [9.17, 15) is 9.59 Å². The lowest BCUT2D eigenvalue weighted by molar-refractivity contribution is -0.220. The predicted molar refractivity (Wildman–Crippen MR) is 78.3 cm³/mol. The Morgan fingerprint density at radius 2 is 1.27 bits per heavy atom. The van der Waals surface area contributed by atoms with Crippen LogP contribution in [-0.4, -0.2) is 53.5 Å². The molecule has 0 radical (unpaired) electrons. The van der Waals surface area contributed by atoms with Crippen molar-refractivity contribution in [2.75, 3.05) is 14.2 Å². The molecule has 9 heteroatoms. The Morgan fingerprint density at radius 1 is 0.909 bits per heavy atom. The van der Waals surface area contributed by atoms with Crippen molar-refractivity contribution >= 4 is 58.0 Å². The van der Waals surface area contributed by atoms with Crippen molar-refractivity contribution in [2.24, 2.45) is 11.8 Å². The number of alkyl halides is 2. The Labute approximate surface area is 145 Å². The molecule has 1 heterocycles. The fraction of sp³-hybridized carbons (Fsp3) is 0.692. The molecule has 2 saturated carbocycles. The number of methoxy groups -OCH3 is 2. The first-order chi connectivity index (χ1) is 10.2. The Kier molecular flexibility index (Phi) is 2.98. The number of hydrogen-bond acceptors (Lipinski definition) is 5. The van der Waals surface area contributed by atoms with Crippen LogP contribution in [0.2, 0.25) is 0 Å². The summed E-state index contributed by atoms with van der Waals surface area (Å²) >= 11 is 26.1. The molecule has 0 spiro atoms. The first kappa shape index (κ1) is 15.6. The van der Waals surface area contributed by atoms with E-state index in [4.69, 9.17) is 60.6 Å². The smallest absolute Gasteiger partial charge is 0.218 e. The molecular weight excluding hydrogens is 378 g/mol. The largest absolute Gasteiger partial charge is 0.353 e. The molecular formula is C13H10Cl4O5. The summed E-state index contributed by atoms with van der Waals surface area (Å²) in [6.07, 6.45) is -1.59. The summed E-state index contributed by atoms with van der Waals surface area (Å²) in [5.41, 5.74) is 0. The molecule has 2 bridgehead atoms. The quantitative estimate of drug-likeness (QED) is 0.410. The highest BCUT2D eigenvalue weighted by Crippen LogP contribution is 2.75. The molecule has 2 unspecified atom stereocenters. The van der Waals surface area contributed by atoms with Crippen LogP contribution in [0.25, 0.3) is 0 Å². The van der Waals surface area contributed by atoms with Gasteiger partial charge >= 0.3 is 0 Å².